The number of benzene rings is 1. The molecule has 0 saturated heterocycles. The van der Waals surface area contributed by atoms with Crippen molar-refractivity contribution in [2.24, 2.45) is 5.41 Å². The normalized spacial score (nSPS) is 17.2. The van der Waals surface area contributed by atoms with Crippen molar-refractivity contribution >= 4 is 34.7 Å². The van der Waals surface area contributed by atoms with Gasteiger partial charge < -0.3 is 9.64 Å². The van der Waals surface area contributed by atoms with E-state index in [1.54, 1.807) is 0 Å². The molecule has 4 rings (SSSR count). The highest BCUT2D eigenvalue weighted by Crippen LogP contribution is 2.48. The van der Waals surface area contributed by atoms with Crippen molar-refractivity contribution in [2.45, 2.75) is 52.9 Å². The van der Waals surface area contributed by atoms with Gasteiger partial charge in [-0.1, -0.05) is 26.3 Å². The molecule has 1 aromatic carbocycles. The number of unbranched alkanes of at least 4 members (excludes halogenated alkanes) is 2. The van der Waals surface area contributed by atoms with Crippen LogP contribution in [0.4, 0.5) is 5.69 Å². The van der Waals surface area contributed by atoms with Gasteiger partial charge in [-0.05, 0) is 91.3 Å². The van der Waals surface area contributed by atoms with Gasteiger partial charge in [0.25, 0.3) is 0 Å². The SMILES string of the molecule is CCN(CCCCCC(=O)Cl)c1ccc2c(c1)OC1=CC(=Cc3ccccn3)CC(C)(C)C1=C2. The number of ether oxygens (including phenoxy) is 1. The average Bonchev–Trinajstić information content (AvgIpc) is 2.80. The smallest absolute Gasteiger partial charge is 0.221 e. The molecule has 1 aromatic heterocycles. The van der Waals surface area contributed by atoms with Crippen LogP contribution in [0.15, 0.2) is 65.6 Å². The zero-order valence-electron chi connectivity index (χ0n) is 20.3. The molecule has 0 fully saturated rings. The molecule has 0 atom stereocenters. The van der Waals surface area contributed by atoms with E-state index in [-0.39, 0.29) is 10.7 Å². The minimum absolute atomic E-state index is 0.0269. The van der Waals surface area contributed by atoms with Crippen molar-refractivity contribution in [1.82, 2.24) is 4.98 Å². The van der Waals surface area contributed by atoms with Gasteiger partial charge in [-0.15, -0.1) is 0 Å². The monoisotopic (exact) mass is 476 g/mol. The number of hydrogen-bond acceptors (Lipinski definition) is 4. The lowest BCUT2D eigenvalue weighted by atomic mass is 9.72. The summed E-state index contributed by atoms with van der Waals surface area (Å²) in [7, 11) is 0. The number of rotatable bonds is 9. The summed E-state index contributed by atoms with van der Waals surface area (Å²) < 4.78 is 6.50. The summed E-state index contributed by atoms with van der Waals surface area (Å²) in [5, 5.41) is -0.246. The quantitative estimate of drug-likeness (QED) is 0.279. The molecule has 4 nitrogen and oxygen atoms in total. The third kappa shape index (κ3) is 5.79. The van der Waals surface area contributed by atoms with E-state index in [1.807, 2.05) is 24.4 Å². The highest BCUT2D eigenvalue weighted by atomic mass is 35.5. The van der Waals surface area contributed by atoms with Crippen molar-refractivity contribution in [3.8, 4) is 5.75 Å². The van der Waals surface area contributed by atoms with Crippen molar-refractivity contribution in [2.75, 3.05) is 18.0 Å². The van der Waals surface area contributed by atoms with E-state index in [9.17, 15) is 4.79 Å². The summed E-state index contributed by atoms with van der Waals surface area (Å²) in [6.07, 6.45) is 12.7. The largest absolute Gasteiger partial charge is 0.456 e. The van der Waals surface area contributed by atoms with Crippen LogP contribution < -0.4 is 9.64 Å². The Bertz CT molecular complexity index is 1130. The third-order valence-electron chi connectivity index (χ3n) is 6.54. The minimum Gasteiger partial charge on any atom is -0.456 e. The second-order valence-electron chi connectivity index (χ2n) is 9.67. The Balaban J connectivity index is 1.54. The molecule has 2 heterocycles. The second kappa shape index (κ2) is 10.6. The Hall–Kier alpha value is -2.85. The van der Waals surface area contributed by atoms with Crippen LogP contribution in [0.25, 0.3) is 12.2 Å². The molecule has 0 N–H and O–H groups in total. The number of allylic oxidation sites excluding steroid dienone is 3. The molecule has 0 amide bonds. The van der Waals surface area contributed by atoms with Gasteiger partial charge in [0.1, 0.15) is 11.5 Å². The van der Waals surface area contributed by atoms with Crippen LogP contribution in [0.2, 0.25) is 0 Å². The van der Waals surface area contributed by atoms with Crippen LogP contribution in [-0.2, 0) is 4.79 Å². The maximum Gasteiger partial charge on any atom is 0.221 e. The maximum atomic E-state index is 10.9. The van der Waals surface area contributed by atoms with Gasteiger partial charge in [0, 0.05) is 48.6 Å². The first kappa shape index (κ1) is 24.3. The van der Waals surface area contributed by atoms with Crippen LogP contribution in [0.3, 0.4) is 0 Å². The van der Waals surface area contributed by atoms with Crippen molar-refractivity contribution in [3.05, 3.63) is 76.8 Å². The molecule has 0 spiro atoms. The Labute approximate surface area is 208 Å². The highest BCUT2D eigenvalue weighted by molar-refractivity contribution is 6.63. The van der Waals surface area contributed by atoms with Crippen molar-refractivity contribution in [3.63, 3.8) is 0 Å². The number of hydrogen-bond donors (Lipinski definition) is 0. The molecule has 1 aliphatic carbocycles. The molecular weight excluding hydrogens is 444 g/mol. The minimum atomic E-state index is -0.246. The first-order chi connectivity index (χ1) is 16.4. The van der Waals surface area contributed by atoms with Crippen LogP contribution in [0, 0.1) is 5.41 Å². The Morgan fingerprint density at radius 3 is 2.76 bits per heavy atom. The molecule has 2 aliphatic rings. The van der Waals surface area contributed by atoms with Gasteiger partial charge in [0.2, 0.25) is 5.24 Å². The Kier molecular flexibility index (Phi) is 7.57. The van der Waals surface area contributed by atoms with Crippen LogP contribution in [0.5, 0.6) is 5.75 Å². The topological polar surface area (TPSA) is 42.4 Å². The first-order valence-electron chi connectivity index (χ1n) is 12.2. The van der Waals surface area contributed by atoms with Crippen LogP contribution in [0.1, 0.15) is 64.1 Å². The predicted octanol–water partition coefficient (Wildman–Crippen LogP) is 7.41. The zero-order chi connectivity index (χ0) is 24.1. The zero-order valence-corrected chi connectivity index (χ0v) is 21.1. The molecule has 2 aromatic rings. The number of pyridine rings is 1. The maximum absolute atomic E-state index is 10.9. The molecule has 0 saturated carbocycles. The number of carbonyl (C=O) groups is 1. The summed E-state index contributed by atoms with van der Waals surface area (Å²) >= 11 is 5.45. The summed E-state index contributed by atoms with van der Waals surface area (Å²) in [6, 6.07) is 12.5. The lowest BCUT2D eigenvalue weighted by Crippen LogP contribution is -2.26. The van der Waals surface area contributed by atoms with E-state index in [4.69, 9.17) is 16.3 Å². The molecule has 34 heavy (non-hydrogen) atoms. The molecule has 1 aliphatic heterocycles. The first-order valence-corrected chi connectivity index (χ1v) is 12.5. The third-order valence-corrected chi connectivity index (χ3v) is 6.73. The fraction of sp³-hybridized carbons (Fsp3) is 0.379. The Morgan fingerprint density at radius 2 is 2.03 bits per heavy atom. The van der Waals surface area contributed by atoms with Gasteiger partial charge in [0.15, 0.2) is 0 Å². The number of aromatic nitrogens is 1. The number of anilines is 1. The fourth-order valence-electron chi connectivity index (χ4n) is 4.75. The van der Waals surface area contributed by atoms with E-state index in [0.717, 1.165) is 67.2 Å². The molecule has 178 valence electrons. The number of carbonyl (C=O) groups excluding carboxylic acids is 1. The van der Waals surface area contributed by atoms with Gasteiger partial charge in [-0.25, -0.2) is 0 Å². The Morgan fingerprint density at radius 1 is 1.18 bits per heavy atom. The van der Waals surface area contributed by atoms with Gasteiger partial charge >= 0.3 is 0 Å². The number of fused-ring (bicyclic) bond motifs is 2. The highest BCUT2D eigenvalue weighted by Gasteiger charge is 2.35. The lowest BCUT2D eigenvalue weighted by molar-refractivity contribution is -0.111. The average molecular weight is 477 g/mol. The fourth-order valence-corrected chi connectivity index (χ4v) is 4.88. The van der Waals surface area contributed by atoms with Gasteiger partial charge in [-0.2, -0.15) is 0 Å². The summed E-state index contributed by atoms with van der Waals surface area (Å²) in [4.78, 5) is 17.7. The summed E-state index contributed by atoms with van der Waals surface area (Å²) in [5.41, 5.74) is 5.68. The summed E-state index contributed by atoms with van der Waals surface area (Å²) in [5.74, 6) is 1.82. The molecular formula is C29H33ClN2O2. The molecule has 0 bridgehead atoms. The van der Waals surface area contributed by atoms with E-state index in [1.165, 1.54) is 11.1 Å². The molecule has 0 radical (unpaired) electrons. The summed E-state index contributed by atoms with van der Waals surface area (Å²) in [6.45, 7) is 8.58. The number of nitrogens with zero attached hydrogens (tertiary/aromatic N) is 2. The molecule has 0 unspecified atom stereocenters. The van der Waals surface area contributed by atoms with Crippen molar-refractivity contribution < 1.29 is 9.53 Å². The van der Waals surface area contributed by atoms with E-state index in [0.29, 0.717) is 6.42 Å². The van der Waals surface area contributed by atoms with Gasteiger partial charge in [-0.3, -0.25) is 9.78 Å². The second-order valence-corrected chi connectivity index (χ2v) is 10.1. The van der Waals surface area contributed by atoms with Gasteiger partial charge in [0.05, 0.1) is 5.69 Å². The van der Waals surface area contributed by atoms with Crippen LogP contribution in [-0.4, -0.2) is 23.3 Å². The predicted molar refractivity (Wildman–Crippen MR) is 141 cm³/mol. The van der Waals surface area contributed by atoms with E-state index >= 15 is 0 Å². The van der Waals surface area contributed by atoms with Crippen LogP contribution >= 0.6 is 11.6 Å². The molecule has 5 heteroatoms. The number of halogens is 1. The van der Waals surface area contributed by atoms with E-state index in [2.05, 4.69) is 67.1 Å². The van der Waals surface area contributed by atoms with E-state index < -0.39 is 0 Å². The standard InChI is InChI=1S/C29H33ClN2O2/c1-4-32(15-9-5-6-11-28(30)33)24-13-12-22-18-25-27(34-26(22)19-24)17-21(20-29(25,2)3)16-23-10-7-8-14-31-23/h7-8,10,12-14,16-19H,4-6,9,11,15,20H2,1-3H3. The van der Waals surface area contributed by atoms with Crippen molar-refractivity contribution in [1.29, 1.82) is 0 Å². The lowest BCUT2D eigenvalue weighted by Gasteiger charge is -2.37.